The van der Waals surface area contributed by atoms with E-state index < -0.39 is 12.7 Å². The molecule has 2 fully saturated rings. The van der Waals surface area contributed by atoms with Gasteiger partial charge in [-0.1, -0.05) is 11.6 Å². The Morgan fingerprint density at radius 1 is 1.10 bits per heavy atom. The van der Waals surface area contributed by atoms with Crippen LogP contribution in [0.4, 0.5) is 13.2 Å². The average Bonchev–Trinajstić information content (AvgIpc) is 3.50. The quantitative estimate of drug-likeness (QED) is 0.707. The summed E-state index contributed by atoms with van der Waals surface area (Å²) in [5, 5.41) is 9.16. The Hall–Kier alpha value is -2.13. The van der Waals surface area contributed by atoms with Crippen molar-refractivity contribution in [3.05, 3.63) is 40.4 Å². The largest absolute Gasteiger partial charge is 0.401 e. The zero-order valence-electron chi connectivity index (χ0n) is 16.9. The van der Waals surface area contributed by atoms with Crippen LogP contribution in [0.2, 0.25) is 5.02 Å². The highest BCUT2D eigenvalue weighted by atomic mass is 35.5. The van der Waals surface area contributed by atoms with Gasteiger partial charge in [0.2, 0.25) is 5.91 Å². The Kier molecular flexibility index (Phi) is 5.21. The smallest absolute Gasteiger partial charge is 0.342 e. The molecule has 0 bridgehead atoms. The lowest BCUT2D eigenvalue weighted by molar-refractivity contribution is -0.148. The van der Waals surface area contributed by atoms with Crippen molar-refractivity contribution >= 4 is 17.5 Å². The Morgan fingerprint density at radius 3 is 2.52 bits per heavy atom. The molecular weight excluding hydrogens is 431 g/mol. The lowest BCUT2D eigenvalue weighted by Crippen LogP contribution is -2.39. The monoisotopic (exact) mass is 453 g/mol. The molecule has 0 spiro atoms. The van der Waals surface area contributed by atoms with Crippen LogP contribution in [0.1, 0.15) is 48.8 Å². The first kappa shape index (κ1) is 20.8. The lowest BCUT2D eigenvalue weighted by Gasteiger charge is -2.32. The van der Waals surface area contributed by atoms with Crippen LogP contribution in [0.25, 0.3) is 5.69 Å². The Labute approximate surface area is 183 Å². The minimum Gasteiger partial charge on any atom is -0.342 e. The van der Waals surface area contributed by atoms with E-state index in [1.165, 1.54) is 4.90 Å². The molecular formula is C21H23ClF3N5O. The molecule has 3 aliphatic rings. The van der Waals surface area contributed by atoms with Gasteiger partial charge in [0, 0.05) is 36.5 Å². The molecule has 1 amide bonds. The fourth-order valence-electron chi connectivity index (χ4n) is 4.67. The molecule has 2 aromatic rings. The third kappa shape index (κ3) is 4.30. The van der Waals surface area contributed by atoms with Crippen molar-refractivity contribution in [2.45, 2.75) is 50.9 Å². The first-order chi connectivity index (χ1) is 14.8. The number of hydrogen-bond donors (Lipinski definition) is 0. The van der Waals surface area contributed by atoms with E-state index >= 15 is 0 Å². The maximum Gasteiger partial charge on any atom is 0.401 e. The minimum atomic E-state index is -4.31. The Balaban J connectivity index is 1.44. The van der Waals surface area contributed by atoms with Crippen LogP contribution in [0, 0.1) is 5.92 Å². The lowest BCUT2D eigenvalue weighted by atomic mass is 9.95. The molecule has 0 radical (unpaired) electrons. The fourth-order valence-corrected chi connectivity index (χ4v) is 4.86. The first-order valence-electron chi connectivity index (χ1n) is 10.6. The number of piperidine rings is 1. The molecule has 1 saturated heterocycles. The summed E-state index contributed by atoms with van der Waals surface area (Å²) < 4.78 is 41.3. The maximum absolute atomic E-state index is 13.1. The molecule has 2 aliphatic heterocycles. The van der Waals surface area contributed by atoms with Crippen molar-refractivity contribution in [3.63, 3.8) is 0 Å². The molecule has 0 N–H and O–H groups in total. The average molecular weight is 454 g/mol. The molecule has 31 heavy (non-hydrogen) atoms. The number of carbonyl (C=O) groups excluding carboxylic acids is 1. The zero-order valence-corrected chi connectivity index (χ0v) is 17.7. The van der Waals surface area contributed by atoms with Gasteiger partial charge in [-0.05, 0) is 49.4 Å². The van der Waals surface area contributed by atoms with Gasteiger partial charge in [-0.25, -0.2) is 0 Å². The number of hydrogen-bond acceptors (Lipinski definition) is 4. The van der Waals surface area contributed by atoms with Gasteiger partial charge >= 0.3 is 6.18 Å². The standard InChI is InChI=1S/C21H23ClF3N5O/c22-16-3-4-17-15(9-16)10-28(12-21(23,24)25)11-18-26-27-19(30(17)18)13-5-7-29(8-6-13)20(31)14-1-2-14/h3-4,9,13-14H,1-2,5-8,10-12H2. The predicted molar refractivity (Wildman–Crippen MR) is 108 cm³/mol. The van der Waals surface area contributed by atoms with Crippen LogP contribution >= 0.6 is 11.6 Å². The van der Waals surface area contributed by atoms with Gasteiger partial charge in [0.1, 0.15) is 5.82 Å². The second-order valence-electron chi connectivity index (χ2n) is 8.72. The van der Waals surface area contributed by atoms with E-state index in [0.29, 0.717) is 23.9 Å². The minimum absolute atomic E-state index is 0.0534. The van der Waals surface area contributed by atoms with E-state index in [1.807, 2.05) is 15.5 Å². The summed E-state index contributed by atoms with van der Waals surface area (Å²) in [6.07, 6.45) is -0.788. The van der Waals surface area contributed by atoms with Crippen LogP contribution in [0.5, 0.6) is 0 Å². The SMILES string of the molecule is O=C(C1CC1)N1CCC(c2nnc3n2-c2ccc(Cl)cc2CN(CC(F)(F)F)C3)CC1. The number of nitrogens with zero attached hydrogens (tertiary/aromatic N) is 5. The summed E-state index contributed by atoms with van der Waals surface area (Å²) in [5.74, 6) is 1.81. The van der Waals surface area contributed by atoms with E-state index in [0.717, 1.165) is 42.8 Å². The first-order valence-corrected chi connectivity index (χ1v) is 11.0. The van der Waals surface area contributed by atoms with Gasteiger partial charge in [-0.15, -0.1) is 10.2 Å². The molecule has 1 aliphatic carbocycles. The summed E-state index contributed by atoms with van der Waals surface area (Å²) in [7, 11) is 0. The highest BCUT2D eigenvalue weighted by Gasteiger charge is 2.37. The number of halogens is 4. The Morgan fingerprint density at radius 2 is 1.84 bits per heavy atom. The molecule has 6 nitrogen and oxygen atoms in total. The zero-order chi connectivity index (χ0) is 21.8. The predicted octanol–water partition coefficient (Wildman–Crippen LogP) is 3.91. The molecule has 166 valence electrons. The van der Waals surface area contributed by atoms with Gasteiger partial charge in [0.25, 0.3) is 0 Å². The van der Waals surface area contributed by atoms with Crippen molar-refractivity contribution in [3.8, 4) is 5.69 Å². The van der Waals surface area contributed by atoms with Crippen LogP contribution in [-0.4, -0.2) is 56.3 Å². The van der Waals surface area contributed by atoms with Gasteiger partial charge < -0.3 is 4.90 Å². The second kappa shape index (κ2) is 7.78. The van der Waals surface area contributed by atoms with Crippen LogP contribution in [0.3, 0.4) is 0 Å². The van der Waals surface area contributed by atoms with Gasteiger partial charge in [-0.3, -0.25) is 14.3 Å². The number of amides is 1. The fraction of sp³-hybridized carbons (Fsp3) is 0.571. The second-order valence-corrected chi connectivity index (χ2v) is 9.15. The van der Waals surface area contributed by atoms with Gasteiger partial charge in [-0.2, -0.15) is 13.2 Å². The third-order valence-electron chi connectivity index (χ3n) is 6.30. The summed E-state index contributed by atoms with van der Waals surface area (Å²) >= 11 is 6.16. The molecule has 10 heteroatoms. The van der Waals surface area contributed by atoms with Crippen LogP contribution in [0.15, 0.2) is 18.2 Å². The van der Waals surface area contributed by atoms with Gasteiger partial charge in [0.15, 0.2) is 5.82 Å². The summed E-state index contributed by atoms with van der Waals surface area (Å²) in [4.78, 5) is 15.6. The van der Waals surface area contributed by atoms with E-state index in [4.69, 9.17) is 11.6 Å². The molecule has 3 heterocycles. The summed E-state index contributed by atoms with van der Waals surface area (Å²) in [5.41, 5.74) is 1.50. The van der Waals surface area contributed by atoms with Crippen molar-refractivity contribution < 1.29 is 18.0 Å². The molecule has 1 aromatic carbocycles. The van der Waals surface area contributed by atoms with Crippen molar-refractivity contribution in [1.82, 2.24) is 24.6 Å². The maximum atomic E-state index is 13.1. The van der Waals surface area contributed by atoms with E-state index in [2.05, 4.69) is 10.2 Å². The molecule has 1 saturated carbocycles. The van der Waals surface area contributed by atoms with Crippen LogP contribution in [-0.2, 0) is 17.9 Å². The third-order valence-corrected chi connectivity index (χ3v) is 6.53. The number of benzene rings is 1. The van der Waals surface area contributed by atoms with Crippen molar-refractivity contribution in [2.75, 3.05) is 19.6 Å². The number of rotatable bonds is 3. The Bertz CT molecular complexity index is 995. The summed E-state index contributed by atoms with van der Waals surface area (Å²) in [6.45, 7) is 0.513. The highest BCUT2D eigenvalue weighted by Crippen LogP contribution is 2.36. The molecule has 1 aromatic heterocycles. The van der Waals surface area contributed by atoms with Crippen LogP contribution < -0.4 is 0 Å². The molecule has 5 rings (SSSR count). The highest BCUT2D eigenvalue weighted by molar-refractivity contribution is 6.30. The number of likely N-dealkylation sites (tertiary alicyclic amines) is 1. The molecule has 0 unspecified atom stereocenters. The molecule has 0 atom stereocenters. The van der Waals surface area contributed by atoms with E-state index in [9.17, 15) is 18.0 Å². The normalized spacial score (nSPS) is 20.3. The van der Waals surface area contributed by atoms with Crippen molar-refractivity contribution in [2.24, 2.45) is 5.92 Å². The van der Waals surface area contributed by atoms with E-state index in [1.54, 1.807) is 12.1 Å². The number of aromatic nitrogens is 3. The number of carbonyl (C=O) groups is 1. The number of alkyl halides is 3. The topological polar surface area (TPSA) is 54.3 Å². The number of fused-ring (bicyclic) bond motifs is 3. The summed E-state index contributed by atoms with van der Waals surface area (Å²) in [6, 6.07) is 5.29. The van der Waals surface area contributed by atoms with E-state index in [-0.39, 0.29) is 30.8 Å². The van der Waals surface area contributed by atoms with Gasteiger partial charge in [0.05, 0.1) is 18.8 Å². The van der Waals surface area contributed by atoms with Crippen molar-refractivity contribution in [1.29, 1.82) is 0 Å².